The number of nitrogens with zero attached hydrogens (tertiary/aromatic N) is 3. The summed E-state index contributed by atoms with van der Waals surface area (Å²) in [5.74, 6) is 1.60. The lowest BCUT2D eigenvalue weighted by Crippen LogP contribution is -2.03. The Kier molecular flexibility index (Phi) is 4.36. The molecule has 27 heavy (non-hydrogen) atoms. The number of imidazole rings is 1. The fraction of sp³-hybridized carbons (Fsp3) is 0.182. The van der Waals surface area contributed by atoms with E-state index in [2.05, 4.69) is 59.7 Å². The van der Waals surface area contributed by atoms with Crippen molar-refractivity contribution < 1.29 is 0 Å². The first kappa shape index (κ1) is 17.6. The normalized spacial score (nSPS) is 11.1. The first-order chi connectivity index (χ1) is 12.9. The first-order valence-corrected chi connectivity index (χ1v) is 9.27. The minimum absolute atomic E-state index is 0.686. The number of hydrogen-bond acceptors (Lipinski definition) is 3. The van der Waals surface area contributed by atoms with Gasteiger partial charge in [0.1, 0.15) is 11.5 Å². The predicted molar refractivity (Wildman–Crippen MR) is 112 cm³/mol. The molecule has 1 N–H and O–H groups in total. The Labute approximate surface area is 163 Å². The van der Waals surface area contributed by atoms with Crippen LogP contribution in [0.1, 0.15) is 22.5 Å². The van der Waals surface area contributed by atoms with Crippen molar-refractivity contribution >= 4 is 28.9 Å². The van der Waals surface area contributed by atoms with Crippen molar-refractivity contribution in [2.75, 3.05) is 5.32 Å². The highest BCUT2D eigenvalue weighted by Crippen LogP contribution is 2.34. The Hall–Kier alpha value is -2.85. The van der Waals surface area contributed by atoms with E-state index in [-0.39, 0.29) is 0 Å². The number of aryl methyl sites for hydroxylation is 4. The van der Waals surface area contributed by atoms with Gasteiger partial charge in [0, 0.05) is 27.7 Å². The third-order valence-electron chi connectivity index (χ3n) is 4.75. The number of nitrogens with one attached hydrogen (secondary N) is 1. The molecule has 0 spiro atoms. The molecule has 2 aromatic heterocycles. The Balaban J connectivity index is 1.99. The summed E-state index contributed by atoms with van der Waals surface area (Å²) in [4.78, 5) is 9.47. The number of anilines is 2. The van der Waals surface area contributed by atoms with Gasteiger partial charge in [0.25, 0.3) is 0 Å². The molecule has 0 saturated carbocycles. The van der Waals surface area contributed by atoms with Crippen molar-refractivity contribution in [1.82, 2.24) is 14.4 Å². The molecule has 0 saturated heterocycles. The molecule has 4 nitrogen and oxygen atoms in total. The highest BCUT2D eigenvalue weighted by Gasteiger charge is 2.18. The Morgan fingerprint density at radius 3 is 2.22 bits per heavy atom. The number of halogens is 1. The number of rotatable bonds is 3. The molecule has 0 amide bonds. The Morgan fingerprint density at radius 2 is 1.56 bits per heavy atom. The summed E-state index contributed by atoms with van der Waals surface area (Å²) in [7, 11) is 0. The molecule has 2 aromatic carbocycles. The fourth-order valence-electron chi connectivity index (χ4n) is 3.43. The minimum atomic E-state index is 0.686. The van der Waals surface area contributed by atoms with Crippen LogP contribution in [0, 0.1) is 27.7 Å². The summed E-state index contributed by atoms with van der Waals surface area (Å²) in [6.45, 7) is 8.28. The lowest BCUT2D eigenvalue weighted by molar-refractivity contribution is 1.02. The molecule has 0 unspecified atom stereocenters. The van der Waals surface area contributed by atoms with Gasteiger partial charge in [0.05, 0.1) is 0 Å². The van der Waals surface area contributed by atoms with Gasteiger partial charge in [-0.2, -0.15) is 0 Å². The summed E-state index contributed by atoms with van der Waals surface area (Å²) in [5, 5.41) is 4.34. The standard InChI is InChI=1S/C22H21ClN4/c1-13-6-5-7-14(2)19(13)25-21-20(17-8-10-18(23)11-9-17)26-22-24-15(3)12-16(4)27(21)22/h5-12,25H,1-4H3. The van der Waals surface area contributed by atoms with Crippen LogP contribution >= 0.6 is 11.6 Å². The number of aromatic nitrogens is 3. The molecule has 0 aliphatic rings. The highest BCUT2D eigenvalue weighted by atomic mass is 35.5. The molecular formula is C22H21ClN4. The van der Waals surface area contributed by atoms with Crippen molar-refractivity contribution in [3.8, 4) is 11.3 Å². The molecule has 0 aliphatic heterocycles. The van der Waals surface area contributed by atoms with Gasteiger partial charge in [0.2, 0.25) is 5.78 Å². The van der Waals surface area contributed by atoms with E-state index in [1.54, 1.807) is 0 Å². The Bertz CT molecular complexity index is 1120. The maximum absolute atomic E-state index is 6.08. The smallest absolute Gasteiger partial charge is 0.236 e. The third kappa shape index (κ3) is 3.17. The molecule has 0 fully saturated rings. The molecule has 4 aromatic rings. The second kappa shape index (κ2) is 6.71. The Morgan fingerprint density at radius 1 is 0.889 bits per heavy atom. The van der Waals surface area contributed by atoms with Gasteiger partial charge in [-0.15, -0.1) is 0 Å². The molecule has 0 bridgehead atoms. The van der Waals surface area contributed by atoms with Gasteiger partial charge in [-0.3, -0.25) is 4.40 Å². The number of fused-ring (bicyclic) bond motifs is 1. The number of hydrogen-bond donors (Lipinski definition) is 1. The second-order valence-electron chi connectivity index (χ2n) is 6.88. The van der Waals surface area contributed by atoms with Crippen molar-refractivity contribution in [3.05, 3.63) is 76.1 Å². The summed E-state index contributed by atoms with van der Waals surface area (Å²) in [6, 6.07) is 16.1. The van der Waals surface area contributed by atoms with Crippen LogP contribution in [0.3, 0.4) is 0 Å². The predicted octanol–water partition coefficient (Wildman–Crippen LogP) is 6.03. The molecule has 2 heterocycles. The summed E-state index contributed by atoms with van der Waals surface area (Å²) < 4.78 is 2.07. The van der Waals surface area contributed by atoms with Crippen LogP contribution in [0.25, 0.3) is 17.0 Å². The zero-order valence-corrected chi connectivity index (χ0v) is 16.6. The highest BCUT2D eigenvalue weighted by molar-refractivity contribution is 6.30. The van der Waals surface area contributed by atoms with Crippen LogP contribution < -0.4 is 5.32 Å². The van der Waals surface area contributed by atoms with Gasteiger partial charge in [0.15, 0.2) is 0 Å². The molecule has 0 radical (unpaired) electrons. The van der Waals surface area contributed by atoms with Crippen LogP contribution in [0.5, 0.6) is 0 Å². The zero-order chi connectivity index (χ0) is 19.1. The van der Waals surface area contributed by atoms with Crippen molar-refractivity contribution in [2.24, 2.45) is 0 Å². The summed E-state index contributed by atoms with van der Waals surface area (Å²) in [6.07, 6.45) is 0. The lowest BCUT2D eigenvalue weighted by Gasteiger charge is -2.15. The van der Waals surface area contributed by atoms with E-state index in [9.17, 15) is 0 Å². The summed E-state index contributed by atoms with van der Waals surface area (Å²) in [5.41, 5.74) is 7.35. The largest absolute Gasteiger partial charge is 0.339 e. The van der Waals surface area contributed by atoms with E-state index in [0.29, 0.717) is 10.8 Å². The van der Waals surface area contributed by atoms with Gasteiger partial charge < -0.3 is 5.32 Å². The number of benzene rings is 2. The van der Waals surface area contributed by atoms with Gasteiger partial charge >= 0.3 is 0 Å². The molecule has 0 aliphatic carbocycles. The van der Waals surface area contributed by atoms with Crippen LogP contribution in [0.15, 0.2) is 48.5 Å². The first-order valence-electron chi connectivity index (χ1n) is 8.90. The summed E-state index contributed by atoms with van der Waals surface area (Å²) >= 11 is 6.08. The molecule has 5 heteroatoms. The fourth-order valence-corrected chi connectivity index (χ4v) is 3.55. The number of para-hydroxylation sites is 1. The quantitative estimate of drug-likeness (QED) is 0.474. The lowest BCUT2D eigenvalue weighted by atomic mass is 10.1. The van der Waals surface area contributed by atoms with E-state index in [1.807, 2.05) is 31.2 Å². The van der Waals surface area contributed by atoms with Crippen molar-refractivity contribution in [3.63, 3.8) is 0 Å². The van der Waals surface area contributed by atoms with E-state index in [1.165, 1.54) is 11.1 Å². The SMILES string of the molecule is Cc1cc(C)n2c(Nc3c(C)cccc3C)c(-c3ccc(Cl)cc3)nc2n1. The average molecular weight is 377 g/mol. The van der Waals surface area contributed by atoms with E-state index < -0.39 is 0 Å². The van der Waals surface area contributed by atoms with E-state index >= 15 is 0 Å². The third-order valence-corrected chi connectivity index (χ3v) is 5.00. The molecule has 136 valence electrons. The monoisotopic (exact) mass is 376 g/mol. The van der Waals surface area contributed by atoms with E-state index in [4.69, 9.17) is 16.6 Å². The maximum Gasteiger partial charge on any atom is 0.236 e. The zero-order valence-electron chi connectivity index (χ0n) is 15.8. The van der Waals surface area contributed by atoms with Crippen molar-refractivity contribution in [2.45, 2.75) is 27.7 Å². The van der Waals surface area contributed by atoms with Crippen LogP contribution in [-0.4, -0.2) is 14.4 Å². The average Bonchev–Trinajstić information content (AvgIpc) is 2.97. The minimum Gasteiger partial charge on any atom is -0.339 e. The molecular weight excluding hydrogens is 356 g/mol. The maximum atomic E-state index is 6.08. The van der Waals surface area contributed by atoms with E-state index in [0.717, 1.165) is 34.2 Å². The molecule has 0 atom stereocenters. The van der Waals surface area contributed by atoms with Crippen LogP contribution in [0.2, 0.25) is 5.02 Å². The van der Waals surface area contributed by atoms with Crippen LogP contribution in [0.4, 0.5) is 11.5 Å². The van der Waals surface area contributed by atoms with Crippen LogP contribution in [-0.2, 0) is 0 Å². The van der Waals surface area contributed by atoms with Crippen molar-refractivity contribution in [1.29, 1.82) is 0 Å². The van der Waals surface area contributed by atoms with Gasteiger partial charge in [-0.25, -0.2) is 9.97 Å². The second-order valence-corrected chi connectivity index (χ2v) is 7.32. The van der Waals surface area contributed by atoms with Gasteiger partial charge in [-0.1, -0.05) is 41.9 Å². The van der Waals surface area contributed by atoms with Gasteiger partial charge in [-0.05, 0) is 57.0 Å². The topological polar surface area (TPSA) is 42.2 Å². The molecule has 4 rings (SSSR count).